The molecule has 1 saturated carbocycles. The predicted octanol–water partition coefficient (Wildman–Crippen LogP) is 5.12. The van der Waals surface area contributed by atoms with E-state index in [1.165, 1.54) is 0 Å². The van der Waals surface area contributed by atoms with Crippen LogP contribution in [0.2, 0.25) is 0 Å². The SMILES string of the molecule is COCc1ccc(-c2ccc(N(C[C@@H](N)[C@@H](C)OC)C(=O)[C@@H]3C[C@H]3c3cccc(C)n3)cc2)cc1.Cl. The van der Waals surface area contributed by atoms with Crippen molar-refractivity contribution in [3.8, 4) is 11.1 Å². The summed E-state index contributed by atoms with van der Waals surface area (Å²) in [6.45, 7) is 4.90. The third-order valence-electron chi connectivity index (χ3n) is 6.81. The minimum atomic E-state index is -0.300. The number of hydrogen-bond acceptors (Lipinski definition) is 5. The third-order valence-corrected chi connectivity index (χ3v) is 6.81. The molecule has 1 fully saturated rings. The van der Waals surface area contributed by atoms with Gasteiger partial charge in [0.25, 0.3) is 0 Å². The zero-order chi connectivity index (χ0) is 24.9. The van der Waals surface area contributed by atoms with Crippen LogP contribution in [0.15, 0.2) is 66.7 Å². The summed E-state index contributed by atoms with van der Waals surface area (Å²) >= 11 is 0. The van der Waals surface area contributed by atoms with Gasteiger partial charge in [0.2, 0.25) is 5.91 Å². The zero-order valence-corrected chi connectivity index (χ0v) is 22.2. The van der Waals surface area contributed by atoms with Crippen molar-refractivity contribution in [2.45, 2.75) is 44.9 Å². The van der Waals surface area contributed by atoms with E-state index in [-0.39, 0.29) is 42.3 Å². The van der Waals surface area contributed by atoms with Gasteiger partial charge in [0, 0.05) is 55.7 Å². The molecule has 7 heteroatoms. The summed E-state index contributed by atoms with van der Waals surface area (Å²) in [6, 6.07) is 22.1. The fraction of sp³-hybridized carbons (Fsp3) is 0.379. The highest BCUT2D eigenvalue weighted by molar-refractivity contribution is 5.97. The van der Waals surface area contributed by atoms with Crippen molar-refractivity contribution >= 4 is 24.0 Å². The summed E-state index contributed by atoms with van der Waals surface area (Å²) in [4.78, 5) is 20.1. The lowest BCUT2D eigenvalue weighted by Gasteiger charge is -2.29. The highest BCUT2D eigenvalue weighted by Crippen LogP contribution is 2.48. The first-order chi connectivity index (χ1) is 16.9. The Labute approximate surface area is 220 Å². The van der Waals surface area contributed by atoms with E-state index in [4.69, 9.17) is 15.2 Å². The van der Waals surface area contributed by atoms with E-state index in [1.54, 1.807) is 14.2 Å². The number of aryl methyl sites for hydroxylation is 1. The number of halogens is 1. The van der Waals surface area contributed by atoms with Crippen molar-refractivity contribution in [1.82, 2.24) is 4.98 Å². The molecule has 1 amide bonds. The van der Waals surface area contributed by atoms with E-state index in [1.807, 2.05) is 49.1 Å². The van der Waals surface area contributed by atoms with Crippen LogP contribution in [0, 0.1) is 12.8 Å². The van der Waals surface area contributed by atoms with Gasteiger partial charge in [-0.1, -0.05) is 42.5 Å². The van der Waals surface area contributed by atoms with Gasteiger partial charge in [-0.15, -0.1) is 12.4 Å². The maximum absolute atomic E-state index is 13.7. The number of ether oxygens (including phenoxy) is 2. The molecule has 36 heavy (non-hydrogen) atoms. The van der Waals surface area contributed by atoms with Crippen molar-refractivity contribution in [2.75, 3.05) is 25.7 Å². The quantitative estimate of drug-likeness (QED) is 0.410. The average molecular weight is 510 g/mol. The Hall–Kier alpha value is -2.77. The lowest BCUT2D eigenvalue weighted by molar-refractivity contribution is -0.120. The van der Waals surface area contributed by atoms with Crippen LogP contribution in [0.25, 0.3) is 11.1 Å². The number of nitrogens with two attached hydrogens (primary N) is 1. The van der Waals surface area contributed by atoms with Crippen LogP contribution in [-0.2, 0) is 20.9 Å². The van der Waals surface area contributed by atoms with Gasteiger partial charge in [-0.05, 0) is 61.2 Å². The summed E-state index contributed by atoms with van der Waals surface area (Å²) < 4.78 is 10.6. The second kappa shape index (κ2) is 12.5. The summed E-state index contributed by atoms with van der Waals surface area (Å²) in [6.07, 6.45) is 0.649. The Morgan fingerprint density at radius 3 is 2.28 bits per heavy atom. The van der Waals surface area contributed by atoms with Crippen molar-refractivity contribution in [3.63, 3.8) is 0 Å². The molecule has 4 rings (SSSR count). The van der Waals surface area contributed by atoms with Crippen LogP contribution in [-0.4, -0.2) is 43.8 Å². The number of carbonyl (C=O) groups excluding carboxylic acids is 1. The number of anilines is 1. The number of methoxy groups -OCH3 is 2. The molecular weight excluding hydrogens is 474 g/mol. The molecule has 192 valence electrons. The molecule has 1 heterocycles. The first kappa shape index (κ1) is 27.8. The molecule has 0 unspecified atom stereocenters. The van der Waals surface area contributed by atoms with Crippen LogP contribution >= 0.6 is 12.4 Å². The van der Waals surface area contributed by atoms with E-state index >= 15 is 0 Å². The predicted molar refractivity (Wildman–Crippen MR) is 146 cm³/mol. The van der Waals surface area contributed by atoms with Gasteiger partial charge in [-0.25, -0.2) is 0 Å². The second-order valence-corrected chi connectivity index (χ2v) is 9.38. The molecule has 1 aromatic heterocycles. The molecule has 0 aliphatic heterocycles. The lowest BCUT2D eigenvalue weighted by atomic mass is 10.0. The largest absolute Gasteiger partial charge is 0.380 e. The molecule has 0 radical (unpaired) electrons. The molecule has 0 spiro atoms. The smallest absolute Gasteiger partial charge is 0.230 e. The molecule has 0 bridgehead atoms. The maximum atomic E-state index is 13.7. The Kier molecular flexibility index (Phi) is 9.63. The number of hydrogen-bond donors (Lipinski definition) is 1. The standard InChI is InChI=1S/C29H35N3O3.ClH/c1-19-6-5-7-28(31-19)25-16-26(25)29(33)32(17-27(30)20(2)35-4)24-14-12-23(13-15-24)22-10-8-21(9-11-22)18-34-3;/h5-15,20,25-27H,16-18,30H2,1-4H3;1H/t20-,25-,26-,27-;/m1./s1. The first-order valence-electron chi connectivity index (χ1n) is 12.1. The van der Waals surface area contributed by atoms with Gasteiger partial charge in [0.05, 0.1) is 12.7 Å². The maximum Gasteiger partial charge on any atom is 0.230 e. The third kappa shape index (κ3) is 6.51. The summed E-state index contributed by atoms with van der Waals surface area (Å²) in [5.74, 6) is 0.168. The van der Waals surface area contributed by atoms with E-state index in [0.29, 0.717) is 13.2 Å². The molecule has 1 aliphatic rings. The van der Waals surface area contributed by atoms with Gasteiger partial charge in [-0.3, -0.25) is 9.78 Å². The number of rotatable bonds is 10. The number of nitrogens with zero attached hydrogens (tertiary/aromatic N) is 2. The van der Waals surface area contributed by atoms with E-state index in [2.05, 4.69) is 41.4 Å². The normalized spacial score (nSPS) is 18.1. The monoisotopic (exact) mass is 509 g/mol. The Morgan fingerprint density at radius 1 is 1.06 bits per heavy atom. The molecule has 0 saturated heterocycles. The van der Waals surface area contributed by atoms with Gasteiger partial charge in [0.1, 0.15) is 0 Å². The van der Waals surface area contributed by atoms with Gasteiger partial charge < -0.3 is 20.1 Å². The molecular formula is C29H36ClN3O3. The van der Waals surface area contributed by atoms with Crippen molar-refractivity contribution in [3.05, 3.63) is 83.7 Å². The van der Waals surface area contributed by atoms with Crippen LogP contribution in [0.1, 0.15) is 36.2 Å². The molecule has 4 atom stereocenters. The van der Waals surface area contributed by atoms with E-state index in [9.17, 15) is 4.79 Å². The summed E-state index contributed by atoms with van der Waals surface area (Å²) in [7, 11) is 3.34. The molecule has 2 aromatic carbocycles. The van der Waals surface area contributed by atoms with Gasteiger partial charge in [-0.2, -0.15) is 0 Å². The van der Waals surface area contributed by atoms with Crippen molar-refractivity contribution < 1.29 is 14.3 Å². The number of amides is 1. The minimum Gasteiger partial charge on any atom is -0.380 e. The Balaban J connectivity index is 0.00000361. The van der Waals surface area contributed by atoms with Crippen LogP contribution in [0.4, 0.5) is 5.69 Å². The van der Waals surface area contributed by atoms with Crippen molar-refractivity contribution in [1.29, 1.82) is 0 Å². The molecule has 1 aliphatic carbocycles. The molecule has 3 aromatic rings. The van der Waals surface area contributed by atoms with E-state index in [0.717, 1.165) is 40.2 Å². The number of benzene rings is 2. The van der Waals surface area contributed by atoms with Crippen LogP contribution < -0.4 is 10.6 Å². The van der Waals surface area contributed by atoms with Gasteiger partial charge in [0.15, 0.2) is 0 Å². The fourth-order valence-electron chi connectivity index (χ4n) is 4.42. The van der Waals surface area contributed by atoms with E-state index < -0.39 is 0 Å². The Morgan fingerprint density at radius 2 is 1.69 bits per heavy atom. The second-order valence-electron chi connectivity index (χ2n) is 9.38. The van der Waals surface area contributed by atoms with Crippen LogP contribution in [0.3, 0.4) is 0 Å². The first-order valence-corrected chi connectivity index (χ1v) is 12.1. The highest BCUT2D eigenvalue weighted by atomic mass is 35.5. The molecule has 6 nitrogen and oxygen atoms in total. The van der Waals surface area contributed by atoms with Crippen LogP contribution in [0.5, 0.6) is 0 Å². The average Bonchev–Trinajstić information content (AvgIpc) is 3.68. The summed E-state index contributed by atoms with van der Waals surface area (Å²) in [5.41, 5.74) is 12.6. The molecule has 2 N–H and O–H groups in total. The number of pyridine rings is 1. The number of aromatic nitrogens is 1. The summed E-state index contributed by atoms with van der Waals surface area (Å²) in [5, 5.41) is 0. The number of carbonyl (C=O) groups is 1. The van der Waals surface area contributed by atoms with Gasteiger partial charge >= 0.3 is 0 Å². The minimum absolute atomic E-state index is 0. The highest BCUT2D eigenvalue weighted by Gasteiger charge is 2.47. The lowest BCUT2D eigenvalue weighted by Crippen LogP contribution is -2.47. The zero-order valence-electron chi connectivity index (χ0n) is 21.4. The Bertz CT molecular complexity index is 1140. The van der Waals surface area contributed by atoms with Crippen molar-refractivity contribution in [2.24, 2.45) is 11.7 Å². The topological polar surface area (TPSA) is 77.7 Å². The fourth-order valence-corrected chi connectivity index (χ4v) is 4.42.